The van der Waals surface area contributed by atoms with E-state index >= 15 is 0 Å². The monoisotopic (exact) mass is 581 g/mol. The molecule has 0 saturated carbocycles. The van der Waals surface area contributed by atoms with Crippen molar-refractivity contribution in [3.63, 3.8) is 0 Å². The maximum absolute atomic E-state index is 13.7. The van der Waals surface area contributed by atoms with Crippen molar-refractivity contribution in [3.8, 4) is 0 Å². The lowest BCUT2D eigenvalue weighted by molar-refractivity contribution is -0.140. The number of nitrogens with zero attached hydrogens (tertiary/aromatic N) is 4. The summed E-state index contributed by atoms with van der Waals surface area (Å²) >= 11 is 0. The van der Waals surface area contributed by atoms with Crippen molar-refractivity contribution >= 4 is 22.8 Å². The van der Waals surface area contributed by atoms with Gasteiger partial charge >= 0.3 is 0 Å². The fourth-order valence-corrected chi connectivity index (χ4v) is 9.31. The van der Waals surface area contributed by atoms with Gasteiger partial charge in [0.1, 0.15) is 11.4 Å². The molecule has 43 heavy (non-hydrogen) atoms. The van der Waals surface area contributed by atoms with Crippen molar-refractivity contribution < 1.29 is 9.59 Å². The topological polar surface area (TPSA) is 70.5 Å². The van der Waals surface area contributed by atoms with Crippen LogP contribution in [0.15, 0.2) is 54.6 Å². The van der Waals surface area contributed by atoms with Gasteiger partial charge in [0.05, 0.1) is 11.0 Å². The van der Waals surface area contributed by atoms with Crippen molar-refractivity contribution in [1.29, 1.82) is 0 Å². The molecular formula is C36H47N5O2. The number of amides is 2. The molecule has 5 heterocycles. The standard InChI is InChI=1S/C36H47N5O2/c1-25-37-30-12-8-9-13-31(30)41(25)29-22-27-14-15-28(23-29)40(27)21-18-36(26-10-6-5-7-11-26)16-19-39(20-17-36)33(43)35(4)24-34(2,3)32(42)38-35/h5-13,27-29H,14-24H2,1-4H3,(H,38,42)/t27-,28+,29?,35?. The summed E-state index contributed by atoms with van der Waals surface area (Å²) in [6, 6.07) is 21.4. The largest absolute Gasteiger partial charge is 0.341 e. The van der Waals surface area contributed by atoms with Gasteiger partial charge in [-0.1, -0.05) is 56.3 Å². The van der Waals surface area contributed by atoms with Crippen LogP contribution in [0.1, 0.15) is 89.6 Å². The van der Waals surface area contributed by atoms with E-state index in [9.17, 15) is 9.59 Å². The van der Waals surface area contributed by atoms with Gasteiger partial charge in [-0.3, -0.25) is 14.5 Å². The predicted octanol–water partition coefficient (Wildman–Crippen LogP) is 5.77. The molecule has 4 aliphatic rings. The minimum absolute atomic E-state index is 0.0196. The van der Waals surface area contributed by atoms with Gasteiger partial charge in [-0.05, 0) is 94.9 Å². The Kier molecular flexibility index (Phi) is 6.95. The molecule has 3 aromatic rings. The lowest BCUT2D eigenvalue weighted by Crippen LogP contribution is -2.57. The van der Waals surface area contributed by atoms with Gasteiger partial charge in [-0.2, -0.15) is 0 Å². The Morgan fingerprint density at radius 3 is 2.23 bits per heavy atom. The highest BCUT2D eigenvalue weighted by Gasteiger charge is 2.52. The third kappa shape index (κ3) is 4.88. The number of carbonyl (C=O) groups excluding carboxylic acids is 2. The van der Waals surface area contributed by atoms with Crippen molar-refractivity contribution in [3.05, 3.63) is 66.0 Å². The van der Waals surface area contributed by atoms with Crippen LogP contribution in [0.5, 0.6) is 0 Å². The van der Waals surface area contributed by atoms with Crippen LogP contribution < -0.4 is 5.32 Å². The van der Waals surface area contributed by atoms with Gasteiger partial charge in [-0.25, -0.2) is 4.98 Å². The minimum Gasteiger partial charge on any atom is -0.341 e. The molecule has 2 amide bonds. The number of para-hydroxylation sites is 2. The Labute approximate surface area is 256 Å². The van der Waals surface area contributed by atoms with Crippen LogP contribution in [-0.2, 0) is 15.0 Å². The molecule has 2 unspecified atom stereocenters. The number of piperidine rings is 2. The summed E-state index contributed by atoms with van der Waals surface area (Å²) in [5, 5.41) is 3.04. The van der Waals surface area contributed by atoms with E-state index in [4.69, 9.17) is 4.98 Å². The van der Waals surface area contributed by atoms with Crippen LogP contribution in [0.4, 0.5) is 0 Å². The molecule has 228 valence electrons. The third-order valence-electron chi connectivity index (χ3n) is 11.5. The molecule has 4 saturated heterocycles. The van der Waals surface area contributed by atoms with Crippen molar-refractivity contribution in [2.45, 2.75) is 108 Å². The first-order valence-corrected chi connectivity index (χ1v) is 16.5. The molecule has 1 N–H and O–H groups in total. The summed E-state index contributed by atoms with van der Waals surface area (Å²) in [6.07, 6.45) is 8.54. The molecule has 0 radical (unpaired) electrons. The smallest absolute Gasteiger partial charge is 0.248 e. The predicted molar refractivity (Wildman–Crippen MR) is 170 cm³/mol. The van der Waals surface area contributed by atoms with Gasteiger partial charge in [0, 0.05) is 36.6 Å². The fraction of sp³-hybridized carbons (Fsp3) is 0.583. The Hall–Kier alpha value is -3.19. The molecular weight excluding hydrogens is 534 g/mol. The molecule has 4 aliphatic heterocycles. The van der Waals surface area contributed by atoms with E-state index in [1.807, 2.05) is 25.7 Å². The highest BCUT2D eigenvalue weighted by Crippen LogP contribution is 2.45. The summed E-state index contributed by atoms with van der Waals surface area (Å²) in [5.41, 5.74) is 2.53. The van der Waals surface area contributed by atoms with Crippen LogP contribution >= 0.6 is 0 Å². The van der Waals surface area contributed by atoms with E-state index in [-0.39, 0.29) is 17.2 Å². The van der Waals surface area contributed by atoms with Crippen LogP contribution in [-0.4, -0.2) is 68.4 Å². The number of nitrogens with one attached hydrogen (secondary N) is 1. The van der Waals surface area contributed by atoms with E-state index in [1.165, 1.54) is 36.8 Å². The molecule has 0 spiro atoms. The lowest BCUT2D eigenvalue weighted by Gasteiger charge is -2.46. The van der Waals surface area contributed by atoms with E-state index < -0.39 is 11.0 Å². The second-order valence-electron chi connectivity index (χ2n) is 14.8. The zero-order chi connectivity index (χ0) is 30.0. The van der Waals surface area contributed by atoms with Gasteiger partial charge in [-0.15, -0.1) is 0 Å². The van der Waals surface area contributed by atoms with Crippen molar-refractivity contribution in [2.75, 3.05) is 19.6 Å². The fourth-order valence-electron chi connectivity index (χ4n) is 9.31. The SMILES string of the molecule is Cc1nc2ccccc2n1C1C[C@H]2CC[C@@H](C1)N2CCC1(c2ccccc2)CCN(C(=O)C2(C)CC(C)(C)C(=O)N2)CC1. The molecule has 7 heteroatoms. The molecule has 4 atom stereocenters. The number of likely N-dealkylation sites (tertiary alicyclic amines) is 1. The zero-order valence-electron chi connectivity index (χ0n) is 26.3. The summed E-state index contributed by atoms with van der Waals surface area (Å²) in [7, 11) is 0. The number of aryl methyl sites for hydroxylation is 1. The Morgan fingerprint density at radius 2 is 1.58 bits per heavy atom. The number of carbonyl (C=O) groups is 2. The Bertz CT molecular complexity index is 1510. The molecule has 2 bridgehead atoms. The van der Waals surface area contributed by atoms with Crippen LogP contribution in [0.2, 0.25) is 0 Å². The molecule has 1 aromatic heterocycles. The molecule has 4 fully saturated rings. The van der Waals surface area contributed by atoms with Crippen LogP contribution in [0.3, 0.4) is 0 Å². The van der Waals surface area contributed by atoms with Gasteiger partial charge in [0.2, 0.25) is 11.8 Å². The highest BCUT2D eigenvalue weighted by molar-refractivity contribution is 5.96. The number of fused-ring (bicyclic) bond motifs is 3. The Morgan fingerprint density at radius 1 is 0.930 bits per heavy atom. The number of hydrogen-bond donors (Lipinski definition) is 1. The van der Waals surface area contributed by atoms with E-state index in [0.717, 1.165) is 50.2 Å². The van der Waals surface area contributed by atoms with Crippen molar-refractivity contribution in [1.82, 2.24) is 24.7 Å². The summed E-state index contributed by atoms with van der Waals surface area (Å²) in [6.45, 7) is 10.5. The highest BCUT2D eigenvalue weighted by atomic mass is 16.2. The molecule has 0 aliphatic carbocycles. The average molecular weight is 582 g/mol. The molecule has 7 rings (SSSR count). The van der Waals surface area contributed by atoms with Crippen LogP contribution in [0.25, 0.3) is 11.0 Å². The molecule has 2 aromatic carbocycles. The molecule has 7 nitrogen and oxygen atoms in total. The number of benzene rings is 2. The van der Waals surface area contributed by atoms with Gasteiger partial charge in [0.25, 0.3) is 0 Å². The average Bonchev–Trinajstić information content (AvgIpc) is 3.54. The van der Waals surface area contributed by atoms with Gasteiger partial charge in [0.15, 0.2) is 0 Å². The van der Waals surface area contributed by atoms with Crippen molar-refractivity contribution in [2.24, 2.45) is 5.41 Å². The summed E-state index contributed by atoms with van der Waals surface area (Å²) in [4.78, 5) is 36.0. The first-order valence-electron chi connectivity index (χ1n) is 16.5. The van der Waals surface area contributed by atoms with Gasteiger partial charge < -0.3 is 14.8 Å². The first-order chi connectivity index (χ1) is 20.6. The van der Waals surface area contributed by atoms with E-state index in [1.54, 1.807) is 0 Å². The van der Waals surface area contributed by atoms with E-state index in [2.05, 4.69) is 76.3 Å². The zero-order valence-corrected chi connectivity index (χ0v) is 26.3. The quantitative estimate of drug-likeness (QED) is 0.402. The summed E-state index contributed by atoms with van der Waals surface area (Å²) < 4.78 is 2.52. The van der Waals surface area contributed by atoms with Crippen LogP contribution in [0, 0.1) is 12.3 Å². The number of rotatable bonds is 6. The lowest BCUT2D eigenvalue weighted by atomic mass is 9.70. The maximum atomic E-state index is 13.7. The minimum atomic E-state index is -0.810. The maximum Gasteiger partial charge on any atom is 0.248 e. The summed E-state index contributed by atoms with van der Waals surface area (Å²) in [5.74, 6) is 1.20. The second-order valence-corrected chi connectivity index (χ2v) is 14.8. The third-order valence-corrected chi connectivity index (χ3v) is 11.5. The number of imidazole rings is 1. The first kappa shape index (κ1) is 28.6. The second kappa shape index (κ2) is 10.5. The number of hydrogen-bond acceptors (Lipinski definition) is 4. The Balaban J connectivity index is 1.05. The normalized spacial score (nSPS) is 30.1. The number of aromatic nitrogens is 2. The van der Waals surface area contributed by atoms with E-state index in [0.29, 0.717) is 24.5 Å².